The predicted octanol–water partition coefficient (Wildman–Crippen LogP) is 1.39. The lowest BCUT2D eigenvalue weighted by atomic mass is 10.0. The van der Waals surface area contributed by atoms with Gasteiger partial charge >= 0.3 is 0 Å². The average molecular weight is 200 g/mol. The summed E-state index contributed by atoms with van der Waals surface area (Å²) in [5.74, 6) is 0.848. The lowest BCUT2D eigenvalue weighted by Crippen LogP contribution is -2.36. The van der Waals surface area contributed by atoms with Crippen LogP contribution in [0.3, 0.4) is 0 Å². The van der Waals surface area contributed by atoms with Gasteiger partial charge in [-0.25, -0.2) is 0 Å². The van der Waals surface area contributed by atoms with Crippen LogP contribution in [0.15, 0.2) is 0 Å². The number of carbonyl (C=O) groups is 1. The monoisotopic (exact) mass is 200 g/mol. The summed E-state index contributed by atoms with van der Waals surface area (Å²) in [5, 5.41) is 5.99. The maximum Gasteiger partial charge on any atom is 0.224 e. The van der Waals surface area contributed by atoms with Crippen molar-refractivity contribution >= 4 is 5.91 Å². The van der Waals surface area contributed by atoms with Crippen LogP contribution < -0.4 is 10.6 Å². The minimum Gasteiger partial charge on any atom is -0.356 e. The van der Waals surface area contributed by atoms with Crippen molar-refractivity contribution in [2.24, 2.45) is 11.8 Å². The fraction of sp³-hybridized carbons (Fsp3) is 0.909. The van der Waals surface area contributed by atoms with Crippen molar-refractivity contribution < 1.29 is 4.79 Å². The number of amides is 1. The zero-order valence-corrected chi connectivity index (χ0v) is 9.89. The number of nitrogens with one attached hydrogen (secondary N) is 2. The first-order chi connectivity index (χ1) is 6.65. The molecule has 2 N–H and O–H groups in total. The highest BCUT2D eigenvalue weighted by Crippen LogP contribution is 2.05. The summed E-state index contributed by atoms with van der Waals surface area (Å²) in [5.41, 5.74) is 0. The first-order valence-corrected chi connectivity index (χ1v) is 5.57. The van der Waals surface area contributed by atoms with Gasteiger partial charge in [0, 0.05) is 19.0 Å². The van der Waals surface area contributed by atoms with E-state index in [9.17, 15) is 4.79 Å². The Balaban J connectivity index is 3.71. The Labute approximate surface area is 87.6 Å². The standard InChI is InChI=1S/C11H24N2O/c1-5-10(6-2)8-13-11(14)9(3)7-12-4/h9-10,12H,5-8H2,1-4H3,(H,13,14). The molecule has 3 heteroatoms. The van der Waals surface area contributed by atoms with Gasteiger partial charge in [-0.3, -0.25) is 4.79 Å². The minimum atomic E-state index is 0.0642. The van der Waals surface area contributed by atoms with E-state index in [4.69, 9.17) is 0 Å². The molecule has 0 aliphatic rings. The Morgan fingerprint density at radius 1 is 1.21 bits per heavy atom. The summed E-state index contributed by atoms with van der Waals surface area (Å²) in [4.78, 5) is 11.5. The summed E-state index contributed by atoms with van der Waals surface area (Å²) in [6, 6.07) is 0. The lowest BCUT2D eigenvalue weighted by Gasteiger charge is -2.16. The van der Waals surface area contributed by atoms with Crippen LogP contribution in [0.25, 0.3) is 0 Å². The zero-order valence-electron chi connectivity index (χ0n) is 9.89. The lowest BCUT2D eigenvalue weighted by molar-refractivity contribution is -0.124. The van der Waals surface area contributed by atoms with Crippen molar-refractivity contribution in [3.05, 3.63) is 0 Å². The molecule has 0 fully saturated rings. The highest BCUT2D eigenvalue weighted by atomic mass is 16.1. The number of carbonyl (C=O) groups excluding carboxylic acids is 1. The van der Waals surface area contributed by atoms with Gasteiger partial charge in [0.1, 0.15) is 0 Å². The predicted molar refractivity (Wildman–Crippen MR) is 60.2 cm³/mol. The molecule has 3 nitrogen and oxygen atoms in total. The maximum absolute atomic E-state index is 11.5. The summed E-state index contributed by atoms with van der Waals surface area (Å²) >= 11 is 0. The van der Waals surface area contributed by atoms with Gasteiger partial charge in [0.15, 0.2) is 0 Å². The van der Waals surface area contributed by atoms with Crippen LogP contribution in [-0.2, 0) is 4.79 Å². The molecule has 0 heterocycles. The molecule has 0 aromatic carbocycles. The first-order valence-electron chi connectivity index (χ1n) is 5.57. The molecule has 0 spiro atoms. The number of hydrogen-bond donors (Lipinski definition) is 2. The van der Waals surface area contributed by atoms with Gasteiger partial charge in [-0.1, -0.05) is 33.6 Å². The van der Waals surface area contributed by atoms with Gasteiger partial charge in [0.25, 0.3) is 0 Å². The molecular formula is C11H24N2O. The molecule has 84 valence electrons. The van der Waals surface area contributed by atoms with E-state index < -0.39 is 0 Å². The molecule has 0 aliphatic heterocycles. The van der Waals surface area contributed by atoms with Crippen LogP contribution in [0, 0.1) is 11.8 Å². The number of hydrogen-bond acceptors (Lipinski definition) is 2. The molecule has 0 radical (unpaired) electrons. The Kier molecular flexibility index (Phi) is 7.48. The third-order valence-electron chi connectivity index (χ3n) is 2.68. The highest BCUT2D eigenvalue weighted by Gasteiger charge is 2.12. The van der Waals surface area contributed by atoms with E-state index >= 15 is 0 Å². The molecule has 1 amide bonds. The molecule has 0 bridgehead atoms. The smallest absolute Gasteiger partial charge is 0.224 e. The molecule has 0 rings (SSSR count). The minimum absolute atomic E-state index is 0.0642. The van der Waals surface area contributed by atoms with E-state index in [2.05, 4.69) is 24.5 Å². The van der Waals surface area contributed by atoms with E-state index in [1.165, 1.54) is 0 Å². The van der Waals surface area contributed by atoms with Gasteiger partial charge < -0.3 is 10.6 Å². The summed E-state index contributed by atoms with van der Waals surface area (Å²) < 4.78 is 0. The third kappa shape index (κ3) is 5.22. The van der Waals surface area contributed by atoms with Crippen LogP contribution in [-0.4, -0.2) is 26.0 Å². The zero-order chi connectivity index (χ0) is 11.0. The fourth-order valence-electron chi connectivity index (χ4n) is 1.40. The van der Waals surface area contributed by atoms with Gasteiger partial charge in [-0.15, -0.1) is 0 Å². The Morgan fingerprint density at radius 3 is 2.21 bits per heavy atom. The third-order valence-corrected chi connectivity index (χ3v) is 2.68. The van der Waals surface area contributed by atoms with E-state index in [-0.39, 0.29) is 11.8 Å². The van der Waals surface area contributed by atoms with Gasteiger partial charge in [0.2, 0.25) is 5.91 Å². The molecule has 1 unspecified atom stereocenters. The largest absolute Gasteiger partial charge is 0.356 e. The van der Waals surface area contributed by atoms with Crippen LogP contribution in [0.1, 0.15) is 33.6 Å². The molecule has 0 aliphatic carbocycles. The molecule has 0 saturated heterocycles. The number of rotatable bonds is 7. The second kappa shape index (κ2) is 7.80. The topological polar surface area (TPSA) is 41.1 Å². The van der Waals surface area contributed by atoms with Gasteiger partial charge in [-0.2, -0.15) is 0 Å². The summed E-state index contributed by atoms with van der Waals surface area (Å²) in [6.45, 7) is 7.84. The van der Waals surface area contributed by atoms with Crippen LogP contribution in [0.4, 0.5) is 0 Å². The van der Waals surface area contributed by atoms with E-state index in [1.54, 1.807) is 0 Å². The molecule has 0 aromatic rings. The van der Waals surface area contributed by atoms with E-state index in [0.717, 1.165) is 25.9 Å². The molecule has 0 aromatic heterocycles. The normalized spacial score (nSPS) is 12.9. The van der Waals surface area contributed by atoms with Gasteiger partial charge in [-0.05, 0) is 13.0 Å². The Bertz CT molecular complexity index is 155. The maximum atomic E-state index is 11.5. The van der Waals surface area contributed by atoms with E-state index in [0.29, 0.717) is 5.92 Å². The highest BCUT2D eigenvalue weighted by molar-refractivity contribution is 5.78. The van der Waals surface area contributed by atoms with Crippen molar-refractivity contribution in [3.63, 3.8) is 0 Å². The molecule has 14 heavy (non-hydrogen) atoms. The van der Waals surface area contributed by atoms with E-state index in [1.807, 2.05) is 14.0 Å². The molecule has 1 atom stereocenters. The average Bonchev–Trinajstić information content (AvgIpc) is 2.19. The second-order valence-electron chi connectivity index (χ2n) is 3.89. The molecular weight excluding hydrogens is 176 g/mol. The Morgan fingerprint density at radius 2 is 1.79 bits per heavy atom. The van der Waals surface area contributed by atoms with Gasteiger partial charge in [0.05, 0.1) is 0 Å². The van der Waals surface area contributed by atoms with Crippen molar-refractivity contribution in [1.29, 1.82) is 0 Å². The van der Waals surface area contributed by atoms with Crippen LogP contribution in [0.5, 0.6) is 0 Å². The molecule has 0 saturated carbocycles. The first kappa shape index (κ1) is 13.4. The Hall–Kier alpha value is -0.570. The SMILES string of the molecule is CCC(CC)CNC(=O)C(C)CNC. The van der Waals surface area contributed by atoms with Crippen molar-refractivity contribution in [1.82, 2.24) is 10.6 Å². The quantitative estimate of drug-likeness (QED) is 0.652. The summed E-state index contributed by atoms with van der Waals surface area (Å²) in [6.07, 6.45) is 2.27. The van der Waals surface area contributed by atoms with Crippen LogP contribution in [0.2, 0.25) is 0 Å². The van der Waals surface area contributed by atoms with Crippen molar-refractivity contribution in [2.75, 3.05) is 20.1 Å². The van der Waals surface area contributed by atoms with Crippen molar-refractivity contribution in [2.45, 2.75) is 33.6 Å². The summed E-state index contributed by atoms with van der Waals surface area (Å²) in [7, 11) is 1.87. The fourth-order valence-corrected chi connectivity index (χ4v) is 1.40. The van der Waals surface area contributed by atoms with Crippen LogP contribution >= 0.6 is 0 Å². The second-order valence-corrected chi connectivity index (χ2v) is 3.89. The van der Waals surface area contributed by atoms with Crippen molar-refractivity contribution in [3.8, 4) is 0 Å².